The Labute approximate surface area is 120 Å². The van der Waals surface area contributed by atoms with Gasteiger partial charge in [-0.1, -0.05) is 33.1 Å². The average Bonchev–Trinajstić information content (AvgIpc) is 2.30. The minimum atomic E-state index is 0.167. The van der Waals surface area contributed by atoms with Crippen LogP contribution in [0.3, 0.4) is 0 Å². The molecule has 0 radical (unpaired) electrons. The minimum Gasteiger partial charge on any atom is -0.295 e. The van der Waals surface area contributed by atoms with Crippen LogP contribution in [0.15, 0.2) is 0 Å². The van der Waals surface area contributed by atoms with Crippen molar-refractivity contribution in [2.24, 2.45) is 0 Å². The van der Waals surface area contributed by atoms with Crippen LogP contribution in [0, 0.1) is 0 Å². The summed E-state index contributed by atoms with van der Waals surface area (Å²) >= 11 is 0. The largest absolute Gasteiger partial charge is 0.295 e. The summed E-state index contributed by atoms with van der Waals surface area (Å²) < 4.78 is 0. The van der Waals surface area contributed by atoms with E-state index in [0.717, 1.165) is 0 Å². The SMILES string of the molecule is CCCCC(CCC)ON1C(C)(C)CCCC1(C)C. The number of hydrogen-bond acceptors (Lipinski definition) is 2. The summed E-state index contributed by atoms with van der Waals surface area (Å²) in [6.07, 6.45) is 10.3. The molecule has 1 aliphatic rings. The molecule has 1 aliphatic heterocycles. The smallest absolute Gasteiger partial charge is 0.0793 e. The first-order valence-electron chi connectivity index (χ1n) is 8.30. The maximum absolute atomic E-state index is 6.50. The molecule has 1 saturated heterocycles. The summed E-state index contributed by atoms with van der Waals surface area (Å²) in [4.78, 5) is 6.50. The van der Waals surface area contributed by atoms with Crippen LogP contribution in [-0.2, 0) is 4.84 Å². The molecule has 0 aliphatic carbocycles. The van der Waals surface area contributed by atoms with Gasteiger partial charge in [0.15, 0.2) is 0 Å². The van der Waals surface area contributed by atoms with Crippen LogP contribution in [0.4, 0.5) is 0 Å². The highest BCUT2D eigenvalue weighted by Gasteiger charge is 2.43. The summed E-state index contributed by atoms with van der Waals surface area (Å²) in [5, 5.41) is 2.33. The third-order valence-electron chi connectivity index (χ3n) is 4.42. The lowest BCUT2D eigenvalue weighted by molar-refractivity contribution is -0.306. The van der Waals surface area contributed by atoms with Gasteiger partial charge in [0.25, 0.3) is 0 Å². The third kappa shape index (κ3) is 4.75. The van der Waals surface area contributed by atoms with Crippen LogP contribution in [0.2, 0.25) is 0 Å². The maximum atomic E-state index is 6.50. The monoisotopic (exact) mass is 269 g/mol. The second kappa shape index (κ2) is 7.08. The van der Waals surface area contributed by atoms with Gasteiger partial charge in [-0.15, -0.1) is 0 Å². The minimum absolute atomic E-state index is 0.167. The molecule has 0 saturated carbocycles. The molecule has 114 valence electrons. The average molecular weight is 269 g/mol. The van der Waals surface area contributed by atoms with Crippen molar-refractivity contribution in [2.45, 2.75) is 110 Å². The highest BCUT2D eigenvalue weighted by molar-refractivity contribution is 4.93. The topological polar surface area (TPSA) is 12.5 Å². The normalized spacial score (nSPS) is 24.3. The zero-order valence-corrected chi connectivity index (χ0v) is 14.1. The van der Waals surface area contributed by atoms with Crippen molar-refractivity contribution in [1.82, 2.24) is 5.06 Å². The molecular weight excluding hydrogens is 234 g/mol. The van der Waals surface area contributed by atoms with Crippen LogP contribution in [0.25, 0.3) is 0 Å². The summed E-state index contributed by atoms with van der Waals surface area (Å²) in [5.41, 5.74) is 0.333. The first kappa shape index (κ1) is 17.0. The molecule has 2 heteroatoms. The van der Waals surface area contributed by atoms with Crippen molar-refractivity contribution in [2.75, 3.05) is 0 Å². The number of hydroxylamine groups is 2. The molecule has 2 nitrogen and oxygen atoms in total. The van der Waals surface area contributed by atoms with Gasteiger partial charge >= 0.3 is 0 Å². The second-order valence-corrected chi connectivity index (χ2v) is 7.43. The predicted molar refractivity (Wildman–Crippen MR) is 83.2 cm³/mol. The van der Waals surface area contributed by atoms with Gasteiger partial charge < -0.3 is 0 Å². The fraction of sp³-hybridized carbons (Fsp3) is 1.00. The fourth-order valence-corrected chi connectivity index (χ4v) is 3.41. The van der Waals surface area contributed by atoms with E-state index in [1.54, 1.807) is 0 Å². The molecule has 0 bridgehead atoms. The molecule has 1 unspecified atom stereocenters. The first-order chi connectivity index (χ1) is 8.83. The molecule has 19 heavy (non-hydrogen) atoms. The van der Waals surface area contributed by atoms with Gasteiger partial charge in [-0.25, -0.2) is 0 Å². The van der Waals surface area contributed by atoms with Gasteiger partial charge in [0.05, 0.1) is 6.10 Å². The molecule has 0 N–H and O–H groups in total. The Kier molecular flexibility index (Phi) is 6.32. The molecule has 0 aromatic heterocycles. The Morgan fingerprint density at radius 2 is 1.53 bits per heavy atom. The van der Waals surface area contributed by atoms with E-state index in [1.807, 2.05) is 0 Å². The lowest BCUT2D eigenvalue weighted by Gasteiger charge is -2.52. The maximum Gasteiger partial charge on any atom is 0.0793 e. The highest BCUT2D eigenvalue weighted by atomic mass is 16.7. The number of rotatable bonds is 7. The predicted octanol–water partition coefficient (Wildman–Crippen LogP) is 5.32. The molecule has 0 spiro atoms. The van der Waals surface area contributed by atoms with Gasteiger partial charge in [0, 0.05) is 11.1 Å². The molecule has 1 rings (SSSR count). The molecule has 0 amide bonds. The van der Waals surface area contributed by atoms with Crippen molar-refractivity contribution in [3.05, 3.63) is 0 Å². The Bertz CT molecular complexity index is 244. The van der Waals surface area contributed by atoms with Crippen molar-refractivity contribution in [1.29, 1.82) is 0 Å². The van der Waals surface area contributed by atoms with Crippen molar-refractivity contribution < 1.29 is 4.84 Å². The first-order valence-corrected chi connectivity index (χ1v) is 8.30. The molecule has 0 aromatic carbocycles. The molecule has 0 aromatic rings. The van der Waals surface area contributed by atoms with Crippen LogP contribution in [0.5, 0.6) is 0 Å². The van der Waals surface area contributed by atoms with E-state index in [4.69, 9.17) is 4.84 Å². The van der Waals surface area contributed by atoms with E-state index in [2.05, 4.69) is 46.6 Å². The van der Waals surface area contributed by atoms with Crippen LogP contribution in [-0.4, -0.2) is 22.2 Å². The standard InChI is InChI=1S/C17H35NO/c1-7-9-12-15(11-8-2)19-18-16(3,4)13-10-14-17(18,5)6/h15H,7-14H2,1-6H3. The quantitative estimate of drug-likeness (QED) is 0.620. The van der Waals surface area contributed by atoms with Crippen molar-refractivity contribution in [3.63, 3.8) is 0 Å². The number of nitrogens with zero attached hydrogens (tertiary/aromatic N) is 1. The van der Waals surface area contributed by atoms with Crippen LogP contribution < -0.4 is 0 Å². The summed E-state index contributed by atoms with van der Waals surface area (Å²) in [6, 6.07) is 0. The third-order valence-corrected chi connectivity index (χ3v) is 4.42. The summed E-state index contributed by atoms with van der Waals surface area (Å²) in [5.74, 6) is 0. The number of unbranched alkanes of at least 4 members (excludes halogenated alkanes) is 1. The van der Waals surface area contributed by atoms with E-state index >= 15 is 0 Å². The lowest BCUT2D eigenvalue weighted by Crippen LogP contribution is -2.59. The number of piperidine rings is 1. The van der Waals surface area contributed by atoms with Crippen LogP contribution >= 0.6 is 0 Å². The summed E-state index contributed by atoms with van der Waals surface area (Å²) in [6.45, 7) is 13.8. The zero-order valence-electron chi connectivity index (χ0n) is 14.1. The Balaban J connectivity index is 2.72. The lowest BCUT2D eigenvalue weighted by atomic mass is 9.82. The summed E-state index contributed by atoms with van der Waals surface area (Å²) in [7, 11) is 0. The van der Waals surface area contributed by atoms with E-state index in [0.29, 0.717) is 6.10 Å². The molecule has 1 fully saturated rings. The van der Waals surface area contributed by atoms with Gasteiger partial charge in [0.2, 0.25) is 0 Å². The van der Waals surface area contributed by atoms with E-state index < -0.39 is 0 Å². The van der Waals surface area contributed by atoms with Gasteiger partial charge in [-0.05, 0) is 59.8 Å². The van der Waals surface area contributed by atoms with Crippen molar-refractivity contribution >= 4 is 0 Å². The van der Waals surface area contributed by atoms with Gasteiger partial charge in [0.1, 0.15) is 0 Å². The molecule has 1 heterocycles. The Morgan fingerprint density at radius 3 is 2.00 bits per heavy atom. The molecule has 1 atom stereocenters. The second-order valence-electron chi connectivity index (χ2n) is 7.43. The van der Waals surface area contributed by atoms with Crippen molar-refractivity contribution in [3.8, 4) is 0 Å². The highest BCUT2D eigenvalue weighted by Crippen LogP contribution is 2.39. The van der Waals surface area contributed by atoms with Gasteiger partial charge in [-0.3, -0.25) is 4.84 Å². The Hall–Kier alpha value is -0.0800. The zero-order chi connectivity index (χ0) is 14.5. The van der Waals surface area contributed by atoms with Gasteiger partial charge in [-0.2, -0.15) is 5.06 Å². The van der Waals surface area contributed by atoms with Crippen LogP contribution in [0.1, 0.15) is 92.9 Å². The van der Waals surface area contributed by atoms with E-state index in [1.165, 1.54) is 51.4 Å². The van der Waals surface area contributed by atoms with E-state index in [9.17, 15) is 0 Å². The Morgan fingerprint density at radius 1 is 0.947 bits per heavy atom. The van der Waals surface area contributed by atoms with E-state index in [-0.39, 0.29) is 11.1 Å². The molecular formula is C17H35NO. The fourth-order valence-electron chi connectivity index (χ4n) is 3.41. The number of hydrogen-bond donors (Lipinski definition) is 0.